The van der Waals surface area contributed by atoms with Crippen molar-refractivity contribution < 1.29 is 5.11 Å². The van der Waals surface area contributed by atoms with Gasteiger partial charge in [0.15, 0.2) is 0 Å². The van der Waals surface area contributed by atoms with Gasteiger partial charge < -0.3 is 5.11 Å². The molecule has 12 heavy (non-hydrogen) atoms. The summed E-state index contributed by atoms with van der Waals surface area (Å²) < 4.78 is 0. The minimum absolute atomic E-state index is 0.548. The summed E-state index contributed by atoms with van der Waals surface area (Å²) in [5.41, 5.74) is 0.590. The summed E-state index contributed by atoms with van der Waals surface area (Å²) in [4.78, 5) is 0. The molecule has 0 amide bonds. The second-order valence-corrected chi connectivity index (χ2v) is 4.60. The zero-order valence-corrected chi connectivity index (χ0v) is 8.59. The summed E-state index contributed by atoms with van der Waals surface area (Å²) in [6.45, 7) is 8.41. The molecular formula is C11H20O. The van der Waals surface area contributed by atoms with Gasteiger partial charge >= 0.3 is 0 Å². The van der Waals surface area contributed by atoms with Crippen molar-refractivity contribution in [2.24, 2.45) is 11.8 Å². The summed E-state index contributed by atoms with van der Waals surface area (Å²) in [7, 11) is 0. The maximum atomic E-state index is 9.99. The van der Waals surface area contributed by atoms with Gasteiger partial charge in [-0.15, -0.1) is 0 Å². The summed E-state index contributed by atoms with van der Waals surface area (Å²) in [5.74, 6) is 1.34. The fourth-order valence-corrected chi connectivity index (χ4v) is 1.81. The van der Waals surface area contributed by atoms with E-state index in [0.717, 1.165) is 18.4 Å². The molecule has 70 valence electrons. The molecule has 0 saturated carbocycles. The molecule has 0 fully saturated rings. The van der Waals surface area contributed by atoms with Crippen molar-refractivity contribution >= 4 is 0 Å². The number of rotatable bonds is 1. The molecule has 1 aliphatic rings. The van der Waals surface area contributed by atoms with Crippen LogP contribution in [0.25, 0.3) is 0 Å². The third kappa shape index (κ3) is 1.89. The van der Waals surface area contributed by atoms with E-state index in [1.165, 1.54) is 0 Å². The molecule has 1 nitrogen and oxygen atoms in total. The van der Waals surface area contributed by atoms with E-state index in [2.05, 4.69) is 19.9 Å². The first-order chi connectivity index (χ1) is 5.43. The lowest BCUT2D eigenvalue weighted by atomic mass is 9.75. The zero-order valence-electron chi connectivity index (χ0n) is 8.59. The van der Waals surface area contributed by atoms with Crippen molar-refractivity contribution in [2.45, 2.75) is 46.1 Å². The van der Waals surface area contributed by atoms with Gasteiger partial charge in [-0.25, -0.2) is 0 Å². The van der Waals surface area contributed by atoms with Gasteiger partial charge in [-0.3, -0.25) is 0 Å². The van der Waals surface area contributed by atoms with Crippen LogP contribution in [0.15, 0.2) is 11.6 Å². The Morgan fingerprint density at radius 1 is 1.58 bits per heavy atom. The number of hydrogen-bond donors (Lipinski definition) is 1. The van der Waals surface area contributed by atoms with E-state index < -0.39 is 5.60 Å². The summed E-state index contributed by atoms with van der Waals surface area (Å²) in [6, 6.07) is 0. The molecule has 1 aliphatic carbocycles. The van der Waals surface area contributed by atoms with Gasteiger partial charge in [-0.05, 0) is 44.1 Å². The van der Waals surface area contributed by atoms with Crippen LogP contribution in [0.3, 0.4) is 0 Å². The van der Waals surface area contributed by atoms with Crippen LogP contribution in [-0.2, 0) is 0 Å². The molecule has 0 heterocycles. The molecule has 0 aliphatic heterocycles. The summed E-state index contributed by atoms with van der Waals surface area (Å²) in [5, 5.41) is 9.99. The van der Waals surface area contributed by atoms with Gasteiger partial charge in [0.2, 0.25) is 0 Å². The van der Waals surface area contributed by atoms with E-state index in [9.17, 15) is 5.11 Å². The number of hydrogen-bond acceptors (Lipinski definition) is 1. The molecule has 0 saturated heterocycles. The predicted molar refractivity (Wildman–Crippen MR) is 51.9 cm³/mol. The molecule has 0 unspecified atom stereocenters. The lowest BCUT2D eigenvalue weighted by Gasteiger charge is -2.35. The Morgan fingerprint density at radius 3 is 2.58 bits per heavy atom. The van der Waals surface area contributed by atoms with E-state index in [1.54, 1.807) is 0 Å². The number of allylic oxidation sites excluding steroid dienone is 1. The first-order valence-electron chi connectivity index (χ1n) is 4.83. The molecule has 0 spiro atoms. The molecule has 0 aromatic rings. The highest BCUT2D eigenvalue weighted by molar-refractivity contribution is 5.16. The van der Waals surface area contributed by atoms with Crippen LogP contribution < -0.4 is 0 Å². The van der Waals surface area contributed by atoms with Crippen molar-refractivity contribution in [1.29, 1.82) is 0 Å². The minimum atomic E-state index is -0.548. The highest BCUT2D eigenvalue weighted by Gasteiger charge is 2.31. The molecule has 0 aromatic heterocycles. The lowest BCUT2D eigenvalue weighted by Crippen LogP contribution is -2.33. The second kappa shape index (κ2) is 3.21. The standard InChI is InChI=1S/C11H20O/c1-8(2)10-6-5-9(3)11(4,12)7-10/h5,8,10,12H,6-7H2,1-4H3/t10-,11-/m0/s1. The Labute approximate surface area is 75.5 Å². The summed E-state index contributed by atoms with van der Waals surface area (Å²) in [6.07, 6.45) is 4.25. The SMILES string of the molecule is CC1=CC[C@H](C(C)C)C[C@]1(C)O. The normalized spacial score (nSPS) is 36.8. The molecule has 1 rings (SSSR count). The molecule has 1 heteroatoms. The van der Waals surface area contributed by atoms with Crippen LogP contribution in [0.2, 0.25) is 0 Å². The minimum Gasteiger partial charge on any atom is -0.386 e. The molecule has 1 N–H and O–H groups in total. The third-order valence-corrected chi connectivity index (χ3v) is 3.18. The van der Waals surface area contributed by atoms with Crippen molar-refractivity contribution in [1.82, 2.24) is 0 Å². The van der Waals surface area contributed by atoms with Crippen LogP contribution in [0, 0.1) is 11.8 Å². The van der Waals surface area contributed by atoms with Crippen molar-refractivity contribution in [3.05, 3.63) is 11.6 Å². The van der Waals surface area contributed by atoms with Crippen molar-refractivity contribution in [3.63, 3.8) is 0 Å². The first-order valence-corrected chi connectivity index (χ1v) is 4.83. The molecule has 0 aromatic carbocycles. The van der Waals surface area contributed by atoms with Gasteiger partial charge in [0.1, 0.15) is 0 Å². The zero-order chi connectivity index (χ0) is 9.35. The van der Waals surface area contributed by atoms with Crippen LogP contribution in [0.4, 0.5) is 0 Å². The fourth-order valence-electron chi connectivity index (χ4n) is 1.81. The Hall–Kier alpha value is -0.300. The first kappa shape index (κ1) is 9.79. The van der Waals surface area contributed by atoms with Gasteiger partial charge in [0, 0.05) is 0 Å². The van der Waals surface area contributed by atoms with Gasteiger partial charge in [-0.1, -0.05) is 19.9 Å². The Kier molecular flexibility index (Phi) is 2.62. The molecule has 0 bridgehead atoms. The van der Waals surface area contributed by atoms with Crippen LogP contribution in [0.5, 0.6) is 0 Å². The quantitative estimate of drug-likeness (QED) is 0.597. The van der Waals surface area contributed by atoms with E-state index in [4.69, 9.17) is 0 Å². The Balaban J connectivity index is 2.72. The van der Waals surface area contributed by atoms with Gasteiger partial charge in [0.05, 0.1) is 5.60 Å². The van der Waals surface area contributed by atoms with E-state index in [1.807, 2.05) is 13.8 Å². The Morgan fingerprint density at radius 2 is 2.17 bits per heavy atom. The van der Waals surface area contributed by atoms with Gasteiger partial charge in [-0.2, -0.15) is 0 Å². The van der Waals surface area contributed by atoms with Crippen LogP contribution >= 0.6 is 0 Å². The highest BCUT2D eigenvalue weighted by atomic mass is 16.3. The number of aliphatic hydroxyl groups is 1. The predicted octanol–water partition coefficient (Wildman–Crippen LogP) is 2.75. The van der Waals surface area contributed by atoms with Gasteiger partial charge in [0.25, 0.3) is 0 Å². The third-order valence-electron chi connectivity index (χ3n) is 3.18. The van der Waals surface area contributed by atoms with Crippen LogP contribution in [0.1, 0.15) is 40.5 Å². The average Bonchev–Trinajstić information content (AvgIpc) is 1.94. The van der Waals surface area contributed by atoms with Crippen molar-refractivity contribution in [3.8, 4) is 0 Å². The molecular weight excluding hydrogens is 148 g/mol. The average molecular weight is 168 g/mol. The maximum absolute atomic E-state index is 9.99. The topological polar surface area (TPSA) is 20.2 Å². The summed E-state index contributed by atoms with van der Waals surface area (Å²) >= 11 is 0. The second-order valence-electron chi connectivity index (χ2n) is 4.60. The van der Waals surface area contributed by atoms with E-state index >= 15 is 0 Å². The van der Waals surface area contributed by atoms with Crippen molar-refractivity contribution in [2.75, 3.05) is 0 Å². The van der Waals surface area contributed by atoms with E-state index in [0.29, 0.717) is 11.8 Å². The van der Waals surface area contributed by atoms with Crippen LogP contribution in [-0.4, -0.2) is 10.7 Å². The monoisotopic (exact) mass is 168 g/mol. The molecule has 2 atom stereocenters. The fraction of sp³-hybridized carbons (Fsp3) is 0.818. The maximum Gasteiger partial charge on any atom is 0.0828 e. The molecule has 0 radical (unpaired) electrons. The van der Waals surface area contributed by atoms with E-state index in [-0.39, 0.29) is 0 Å². The Bertz CT molecular complexity index is 189. The highest BCUT2D eigenvalue weighted by Crippen LogP contribution is 2.35. The lowest BCUT2D eigenvalue weighted by molar-refractivity contribution is 0.0526. The largest absolute Gasteiger partial charge is 0.386 e. The smallest absolute Gasteiger partial charge is 0.0828 e.